The number of ketones is 1. The lowest BCUT2D eigenvalue weighted by atomic mass is 9.65. The molecule has 0 unspecified atom stereocenters. The molecule has 3 rings (SSSR count). The van der Waals surface area contributed by atoms with Crippen molar-refractivity contribution < 1.29 is 6.22 Å². The maximum absolute atomic E-state index is 11.9. The monoisotopic (exact) mass is 217 g/mol. The number of benzene rings is 1. The van der Waals surface area contributed by atoms with Gasteiger partial charge in [0.05, 0.1) is 0 Å². The van der Waals surface area contributed by atoms with Crippen LogP contribution < -0.4 is 5.32 Å². The van der Waals surface area contributed by atoms with Gasteiger partial charge in [0.2, 0.25) is 0 Å². The Morgan fingerprint density at radius 1 is 1.12 bits per heavy atom. The first-order valence-electron chi connectivity index (χ1n) is 6.15. The zero-order chi connectivity index (χ0) is 11.0. The molecule has 0 atom stereocenters. The van der Waals surface area contributed by atoms with E-state index in [1.165, 1.54) is 18.4 Å². The molecule has 16 heavy (non-hydrogen) atoms. The predicted octanol–water partition coefficient (Wildman–Crippen LogP) is 2.53. The zero-order valence-corrected chi connectivity index (χ0v) is 9.46. The van der Waals surface area contributed by atoms with Crippen molar-refractivity contribution in [2.45, 2.75) is 31.1 Å². The third-order valence-corrected chi connectivity index (χ3v) is 4.19. The number of hydrogen-bond acceptors (Lipinski definition) is 2. The summed E-state index contributed by atoms with van der Waals surface area (Å²) in [6, 6.07) is 8.22. The van der Waals surface area contributed by atoms with E-state index >= 15 is 0 Å². The van der Waals surface area contributed by atoms with Crippen LogP contribution in [0.4, 0.5) is 0 Å². The van der Waals surface area contributed by atoms with Crippen LogP contribution in [0.5, 0.6) is 0 Å². The van der Waals surface area contributed by atoms with Crippen LogP contribution in [-0.4, -0.2) is 18.9 Å². The number of carbonyl (C=O) groups excluding carboxylic acids is 1. The maximum atomic E-state index is 11.9. The van der Waals surface area contributed by atoms with Gasteiger partial charge < -0.3 is 5.32 Å². The number of piperidine rings is 1. The summed E-state index contributed by atoms with van der Waals surface area (Å²) in [6.45, 7) is 2.17. The van der Waals surface area contributed by atoms with Crippen LogP contribution in [0.3, 0.4) is 0 Å². The quantitative estimate of drug-likeness (QED) is 0.723. The topological polar surface area (TPSA) is 29.1 Å². The summed E-state index contributed by atoms with van der Waals surface area (Å²) in [5.41, 5.74) is 2.58. The average molecular weight is 217 g/mol. The van der Waals surface area contributed by atoms with Gasteiger partial charge in [0.15, 0.2) is 5.78 Å². The summed E-state index contributed by atoms with van der Waals surface area (Å²) in [4.78, 5) is 11.9. The van der Waals surface area contributed by atoms with Crippen molar-refractivity contribution in [1.29, 1.82) is 0 Å². The Labute approximate surface area is 97.5 Å². The van der Waals surface area contributed by atoms with Crippen LogP contribution in [-0.2, 0) is 5.41 Å². The predicted molar refractivity (Wildman–Crippen MR) is 65.9 cm³/mol. The maximum Gasteiger partial charge on any atom is 0.163 e. The molecule has 2 aliphatic rings. The summed E-state index contributed by atoms with van der Waals surface area (Å²) in [5.74, 6) is 0.333. The number of fused-ring (bicyclic) bond motifs is 2. The van der Waals surface area contributed by atoms with Gasteiger partial charge in [-0.1, -0.05) is 24.3 Å². The van der Waals surface area contributed by atoms with Crippen molar-refractivity contribution in [3.63, 3.8) is 0 Å². The fourth-order valence-corrected chi connectivity index (χ4v) is 3.24. The van der Waals surface area contributed by atoms with Gasteiger partial charge in [0, 0.05) is 13.4 Å². The van der Waals surface area contributed by atoms with E-state index in [4.69, 9.17) is 0 Å². The van der Waals surface area contributed by atoms with Crippen LogP contribution in [0.25, 0.3) is 0 Å². The molecule has 0 bridgehead atoms. The summed E-state index contributed by atoms with van der Waals surface area (Å²) < 4.78 is 0. The molecule has 0 saturated carbocycles. The van der Waals surface area contributed by atoms with Crippen molar-refractivity contribution in [2.75, 3.05) is 13.1 Å². The normalized spacial score (nSPS) is 23.1. The van der Waals surface area contributed by atoms with Gasteiger partial charge in [-0.25, -0.2) is 0 Å². The minimum Gasteiger partial charge on any atom is -0.317 e. The third-order valence-electron chi connectivity index (χ3n) is 4.19. The molecule has 1 fully saturated rings. The van der Waals surface area contributed by atoms with Crippen LogP contribution >= 0.6 is 0 Å². The minimum absolute atomic E-state index is 0. The van der Waals surface area contributed by atoms with Crippen LogP contribution in [0, 0.1) is 0 Å². The lowest BCUT2D eigenvalue weighted by Gasteiger charge is -2.41. The number of carbonyl (C=O) groups is 1. The molecule has 0 amide bonds. The van der Waals surface area contributed by atoms with E-state index < -0.39 is 0 Å². The van der Waals surface area contributed by atoms with E-state index in [1.807, 2.05) is 12.1 Å². The molecule has 1 heterocycles. The van der Waals surface area contributed by atoms with Gasteiger partial charge in [-0.2, -0.15) is 0 Å². The zero-order valence-electron chi connectivity index (χ0n) is 9.46. The molecular formula is C14H19NO. The molecule has 1 aliphatic carbocycles. The molecule has 1 N–H and O–H groups in total. The second kappa shape index (κ2) is 3.70. The van der Waals surface area contributed by atoms with Crippen LogP contribution in [0.2, 0.25) is 0 Å². The number of hydrogen-bond donors (Lipinski definition) is 1. The standard InChI is InChI=1S/C14H17NO.H2/c16-13-5-6-14(7-9-15-10-8-14)12-4-2-1-3-11(12)13;/h1-4,15H,5-10H2;1H. The SMILES string of the molecule is O=C1CCC2(CCNCC2)c2ccccc21.[HH]. The van der Waals surface area contributed by atoms with E-state index in [9.17, 15) is 4.79 Å². The molecule has 1 aromatic rings. The fourth-order valence-electron chi connectivity index (χ4n) is 3.24. The Morgan fingerprint density at radius 2 is 1.88 bits per heavy atom. The first-order valence-corrected chi connectivity index (χ1v) is 6.15. The Morgan fingerprint density at radius 3 is 2.69 bits per heavy atom. The molecular weight excluding hydrogens is 198 g/mol. The van der Waals surface area contributed by atoms with Crippen LogP contribution in [0.1, 0.15) is 43.0 Å². The van der Waals surface area contributed by atoms with Gasteiger partial charge in [-0.05, 0) is 43.3 Å². The molecule has 1 spiro atoms. The second-order valence-electron chi connectivity index (χ2n) is 5.00. The molecule has 2 nitrogen and oxygen atoms in total. The average Bonchev–Trinajstić information content (AvgIpc) is 2.36. The first-order chi connectivity index (χ1) is 7.82. The van der Waals surface area contributed by atoms with Crippen molar-refractivity contribution in [2.24, 2.45) is 0 Å². The van der Waals surface area contributed by atoms with Gasteiger partial charge in [-0.15, -0.1) is 0 Å². The largest absolute Gasteiger partial charge is 0.317 e. The van der Waals surface area contributed by atoms with E-state index in [0.717, 1.165) is 31.5 Å². The molecule has 0 aromatic heterocycles. The van der Waals surface area contributed by atoms with Gasteiger partial charge in [0.1, 0.15) is 0 Å². The minimum atomic E-state index is 0. The Kier molecular flexibility index (Phi) is 2.32. The Hall–Kier alpha value is -1.15. The van der Waals surface area contributed by atoms with E-state index in [2.05, 4.69) is 17.4 Å². The molecule has 1 aliphatic heterocycles. The molecule has 86 valence electrons. The van der Waals surface area contributed by atoms with Crippen molar-refractivity contribution in [3.05, 3.63) is 35.4 Å². The summed E-state index contributed by atoms with van der Waals surface area (Å²) in [7, 11) is 0. The van der Waals surface area contributed by atoms with E-state index in [0.29, 0.717) is 5.78 Å². The van der Waals surface area contributed by atoms with E-state index in [-0.39, 0.29) is 6.84 Å². The summed E-state index contributed by atoms with van der Waals surface area (Å²) in [6.07, 6.45) is 4.14. The van der Waals surface area contributed by atoms with E-state index in [1.54, 1.807) is 0 Å². The van der Waals surface area contributed by atoms with Gasteiger partial charge in [-0.3, -0.25) is 4.79 Å². The highest BCUT2D eigenvalue weighted by Gasteiger charge is 2.39. The number of nitrogens with one attached hydrogen (secondary N) is 1. The number of Topliss-reactive ketones (excluding diaryl/α,β-unsaturated/α-hetero) is 1. The molecule has 2 heteroatoms. The molecule has 0 radical (unpaired) electrons. The second-order valence-corrected chi connectivity index (χ2v) is 5.00. The smallest absolute Gasteiger partial charge is 0.163 e. The third kappa shape index (κ3) is 1.40. The highest BCUT2D eigenvalue weighted by Crippen LogP contribution is 2.43. The van der Waals surface area contributed by atoms with Crippen molar-refractivity contribution >= 4 is 5.78 Å². The molecule has 1 aromatic carbocycles. The lowest BCUT2D eigenvalue weighted by Crippen LogP contribution is -2.43. The highest BCUT2D eigenvalue weighted by atomic mass is 16.1. The van der Waals surface area contributed by atoms with Crippen molar-refractivity contribution in [3.8, 4) is 0 Å². The fraction of sp³-hybridized carbons (Fsp3) is 0.500. The Bertz CT molecular complexity index is 424. The van der Waals surface area contributed by atoms with Crippen LogP contribution in [0.15, 0.2) is 24.3 Å². The van der Waals surface area contributed by atoms with Gasteiger partial charge >= 0.3 is 0 Å². The Balaban J connectivity index is 0.00000108. The lowest BCUT2D eigenvalue weighted by molar-refractivity contribution is 0.0941. The summed E-state index contributed by atoms with van der Waals surface area (Å²) >= 11 is 0. The first kappa shape index (κ1) is 10.0. The number of rotatable bonds is 0. The van der Waals surface area contributed by atoms with Gasteiger partial charge in [0.25, 0.3) is 0 Å². The summed E-state index contributed by atoms with van der Waals surface area (Å²) in [5, 5.41) is 3.41. The van der Waals surface area contributed by atoms with Crippen molar-refractivity contribution in [1.82, 2.24) is 5.32 Å². The molecule has 1 saturated heterocycles. The highest BCUT2D eigenvalue weighted by molar-refractivity contribution is 5.99.